The molecule has 0 amide bonds. The number of carbonyl (C=O) groups is 1. The van der Waals surface area contributed by atoms with E-state index in [1.807, 2.05) is 30.7 Å². The number of aromatic nitrogens is 3. The van der Waals surface area contributed by atoms with Gasteiger partial charge in [0, 0.05) is 13.1 Å². The second-order valence-corrected chi connectivity index (χ2v) is 6.13. The number of aryl methyl sites for hydroxylation is 1. The summed E-state index contributed by atoms with van der Waals surface area (Å²) in [5.74, 6) is 0.245. The maximum atomic E-state index is 11.1. The minimum absolute atomic E-state index is 0.189. The van der Waals surface area contributed by atoms with Crippen LogP contribution in [0.5, 0.6) is 5.75 Å². The van der Waals surface area contributed by atoms with E-state index in [9.17, 15) is 4.79 Å². The first-order chi connectivity index (χ1) is 13.0. The maximum Gasteiger partial charge on any atom is 0.335 e. The summed E-state index contributed by atoms with van der Waals surface area (Å²) in [4.78, 5) is 20.0. The van der Waals surface area contributed by atoms with Crippen LogP contribution in [0.3, 0.4) is 0 Å². The summed E-state index contributed by atoms with van der Waals surface area (Å²) in [6.45, 7) is 2.69. The van der Waals surface area contributed by atoms with Crippen molar-refractivity contribution in [2.45, 2.75) is 13.3 Å². The molecule has 0 bridgehead atoms. The fourth-order valence-corrected chi connectivity index (χ4v) is 2.81. The molecule has 4 aromatic rings. The molecular weight excluding hydrogens is 348 g/mol. The van der Waals surface area contributed by atoms with Gasteiger partial charge in [-0.1, -0.05) is 6.92 Å². The molecule has 2 aromatic carbocycles. The Balaban J connectivity index is 1.65. The SMILES string of the molecule is CCCOc1ccc2nc(Nc3nc4cc(C(=O)O)ccc4n3C)oc2c1. The van der Waals surface area contributed by atoms with E-state index in [2.05, 4.69) is 15.3 Å². The molecule has 0 unspecified atom stereocenters. The van der Waals surface area contributed by atoms with Crippen molar-refractivity contribution in [1.82, 2.24) is 14.5 Å². The highest BCUT2D eigenvalue weighted by molar-refractivity contribution is 5.93. The number of ether oxygens (including phenoxy) is 1. The van der Waals surface area contributed by atoms with Gasteiger partial charge in [0.15, 0.2) is 5.58 Å². The van der Waals surface area contributed by atoms with Crippen LogP contribution in [0.15, 0.2) is 40.8 Å². The van der Waals surface area contributed by atoms with E-state index in [4.69, 9.17) is 14.3 Å². The molecule has 0 saturated heterocycles. The lowest BCUT2D eigenvalue weighted by Gasteiger charge is -2.02. The highest BCUT2D eigenvalue weighted by Crippen LogP contribution is 2.27. The second-order valence-electron chi connectivity index (χ2n) is 6.13. The number of carboxylic acids is 1. The van der Waals surface area contributed by atoms with E-state index >= 15 is 0 Å². The van der Waals surface area contributed by atoms with Crippen LogP contribution in [0, 0.1) is 0 Å². The van der Waals surface area contributed by atoms with E-state index < -0.39 is 5.97 Å². The summed E-state index contributed by atoms with van der Waals surface area (Å²) in [5, 5.41) is 12.2. The Morgan fingerprint density at radius 3 is 2.85 bits per heavy atom. The molecule has 0 saturated carbocycles. The first-order valence-electron chi connectivity index (χ1n) is 8.55. The Labute approximate surface area is 154 Å². The Bertz CT molecular complexity index is 1150. The lowest BCUT2D eigenvalue weighted by molar-refractivity contribution is 0.0697. The normalized spacial score (nSPS) is 11.2. The second kappa shape index (κ2) is 6.64. The summed E-state index contributed by atoms with van der Waals surface area (Å²) in [6, 6.07) is 10.6. The molecule has 8 heteroatoms. The first kappa shape index (κ1) is 16.9. The van der Waals surface area contributed by atoms with Gasteiger partial charge in [0.1, 0.15) is 11.3 Å². The Morgan fingerprint density at radius 1 is 1.22 bits per heavy atom. The molecule has 0 aliphatic carbocycles. The average Bonchev–Trinajstić information content (AvgIpc) is 3.20. The van der Waals surface area contributed by atoms with Crippen LogP contribution >= 0.6 is 0 Å². The van der Waals surface area contributed by atoms with Gasteiger partial charge in [-0.15, -0.1) is 0 Å². The highest BCUT2D eigenvalue weighted by Gasteiger charge is 2.14. The van der Waals surface area contributed by atoms with Gasteiger partial charge in [-0.25, -0.2) is 9.78 Å². The molecule has 0 radical (unpaired) electrons. The maximum absolute atomic E-state index is 11.1. The smallest absolute Gasteiger partial charge is 0.335 e. The predicted molar refractivity (Wildman–Crippen MR) is 101 cm³/mol. The number of nitrogens with zero attached hydrogens (tertiary/aromatic N) is 3. The fraction of sp³-hybridized carbons (Fsp3) is 0.211. The van der Waals surface area contributed by atoms with Gasteiger partial charge >= 0.3 is 12.0 Å². The van der Waals surface area contributed by atoms with E-state index in [1.165, 1.54) is 6.07 Å². The Morgan fingerprint density at radius 2 is 2.07 bits per heavy atom. The van der Waals surface area contributed by atoms with Crippen molar-refractivity contribution in [1.29, 1.82) is 0 Å². The molecule has 0 fully saturated rings. The first-order valence-corrected chi connectivity index (χ1v) is 8.55. The number of aromatic carboxylic acids is 1. The standard InChI is InChI=1S/C19H18N4O4/c1-3-8-26-12-5-6-13-16(10-12)27-19(21-13)22-18-20-14-9-11(17(24)25)4-7-15(14)23(18)2/h4-7,9-10H,3,8H2,1-2H3,(H,24,25)(H,20,21,22). The topological polar surface area (TPSA) is 102 Å². The lowest BCUT2D eigenvalue weighted by atomic mass is 10.2. The fourth-order valence-electron chi connectivity index (χ4n) is 2.81. The van der Waals surface area contributed by atoms with Crippen LogP contribution in [0.2, 0.25) is 0 Å². The highest BCUT2D eigenvalue weighted by atomic mass is 16.5. The zero-order chi connectivity index (χ0) is 19.0. The summed E-state index contributed by atoms with van der Waals surface area (Å²) >= 11 is 0. The number of oxazole rings is 1. The van der Waals surface area contributed by atoms with Crippen LogP contribution in [-0.2, 0) is 7.05 Å². The Hall–Kier alpha value is -3.55. The average molecular weight is 366 g/mol. The zero-order valence-corrected chi connectivity index (χ0v) is 14.9. The number of imidazole rings is 1. The summed E-state index contributed by atoms with van der Waals surface area (Å²) in [6.07, 6.45) is 0.928. The number of carboxylic acid groups (broad SMARTS) is 1. The molecule has 4 rings (SSSR count). The van der Waals surface area contributed by atoms with Crippen molar-refractivity contribution in [3.63, 3.8) is 0 Å². The van der Waals surface area contributed by atoms with E-state index in [1.54, 1.807) is 18.2 Å². The van der Waals surface area contributed by atoms with Gasteiger partial charge in [-0.3, -0.25) is 5.32 Å². The number of hydrogen-bond acceptors (Lipinski definition) is 6. The van der Waals surface area contributed by atoms with Gasteiger partial charge in [0.05, 0.1) is 23.2 Å². The lowest BCUT2D eigenvalue weighted by Crippen LogP contribution is -1.99. The summed E-state index contributed by atoms with van der Waals surface area (Å²) in [7, 11) is 1.83. The number of benzene rings is 2. The largest absolute Gasteiger partial charge is 0.493 e. The molecule has 0 atom stereocenters. The minimum Gasteiger partial charge on any atom is -0.493 e. The summed E-state index contributed by atoms with van der Waals surface area (Å²) in [5.41, 5.74) is 2.88. The van der Waals surface area contributed by atoms with Crippen LogP contribution in [0.1, 0.15) is 23.7 Å². The molecule has 2 N–H and O–H groups in total. The molecular formula is C19H18N4O4. The third-order valence-electron chi connectivity index (χ3n) is 4.18. The van der Waals surface area contributed by atoms with Crippen LogP contribution in [0.4, 0.5) is 12.0 Å². The van der Waals surface area contributed by atoms with Gasteiger partial charge < -0.3 is 18.8 Å². The molecule has 0 spiro atoms. The van der Waals surface area contributed by atoms with Gasteiger partial charge in [-0.2, -0.15) is 4.98 Å². The summed E-state index contributed by atoms with van der Waals surface area (Å²) < 4.78 is 13.2. The van der Waals surface area contributed by atoms with Crippen LogP contribution < -0.4 is 10.1 Å². The number of anilines is 2. The molecule has 138 valence electrons. The van der Waals surface area contributed by atoms with E-state index in [0.717, 1.165) is 17.7 Å². The van der Waals surface area contributed by atoms with Crippen molar-refractivity contribution >= 4 is 40.1 Å². The molecule has 2 heterocycles. The molecule has 2 aromatic heterocycles. The van der Waals surface area contributed by atoms with Crippen LogP contribution in [-0.4, -0.2) is 32.2 Å². The molecule has 27 heavy (non-hydrogen) atoms. The van der Waals surface area contributed by atoms with Crippen molar-refractivity contribution in [3.8, 4) is 5.75 Å². The third kappa shape index (κ3) is 3.17. The molecule has 0 aliphatic rings. The van der Waals surface area contributed by atoms with Crippen molar-refractivity contribution in [2.75, 3.05) is 11.9 Å². The zero-order valence-electron chi connectivity index (χ0n) is 14.9. The number of rotatable bonds is 6. The minimum atomic E-state index is -0.989. The number of fused-ring (bicyclic) bond motifs is 2. The van der Waals surface area contributed by atoms with Crippen molar-refractivity contribution in [3.05, 3.63) is 42.0 Å². The molecule has 8 nitrogen and oxygen atoms in total. The quantitative estimate of drug-likeness (QED) is 0.533. The number of nitrogens with one attached hydrogen (secondary N) is 1. The third-order valence-corrected chi connectivity index (χ3v) is 4.18. The monoisotopic (exact) mass is 366 g/mol. The number of hydrogen-bond donors (Lipinski definition) is 2. The van der Waals surface area contributed by atoms with E-state index in [-0.39, 0.29) is 5.56 Å². The van der Waals surface area contributed by atoms with Gasteiger partial charge in [0.25, 0.3) is 0 Å². The van der Waals surface area contributed by atoms with Crippen LogP contribution in [0.25, 0.3) is 22.1 Å². The van der Waals surface area contributed by atoms with Gasteiger partial charge in [-0.05, 0) is 36.8 Å². The predicted octanol–water partition coefficient (Wildman–Crippen LogP) is 3.95. The van der Waals surface area contributed by atoms with Crippen molar-refractivity contribution < 1.29 is 19.1 Å². The molecule has 0 aliphatic heterocycles. The van der Waals surface area contributed by atoms with E-state index in [0.29, 0.717) is 35.2 Å². The Kier molecular flexibility index (Phi) is 4.15. The van der Waals surface area contributed by atoms with Crippen molar-refractivity contribution in [2.24, 2.45) is 7.05 Å². The van der Waals surface area contributed by atoms with Gasteiger partial charge in [0.2, 0.25) is 5.95 Å².